The van der Waals surface area contributed by atoms with E-state index in [0.29, 0.717) is 19.5 Å². The van der Waals surface area contributed by atoms with Crippen LogP contribution in [0.2, 0.25) is 0 Å². The number of aromatic nitrogens is 4. The summed E-state index contributed by atoms with van der Waals surface area (Å²) in [5.74, 6) is 1.45. The van der Waals surface area contributed by atoms with Crippen LogP contribution in [0.15, 0.2) is 9.32 Å². The molecule has 1 unspecified atom stereocenters. The summed E-state index contributed by atoms with van der Waals surface area (Å²) in [5, 5.41) is 11.1. The molecule has 0 spiro atoms. The number of hydrogen-bond acceptors (Lipinski definition) is 5. The second-order valence-corrected chi connectivity index (χ2v) is 6.37. The Balaban J connectivity index is 1.49. The van der Waals surface area contributed by atoms with Gasteiger partial charge >= 0.3 is 5.69 Å². The molecule has 0 fully saturated rings. The minimum Gasteiger partial charge on any atom is -0.361 e. The van der Waals surface area contributed by atoms with E-state index in [9.17, 15) is 9.59 Å². The average Bonchev–Trinajstić information content (AvgIpc) is 3.04. The van der Waals surface area contributed by atoms with Gasteiger partial charge in [0.25, 0.3) is 0 Å². The molecule has 0 aromatic carbocycles. The molecule has 0 bridgehead atoms. The van der Waals surface area contributed by atoms with E-state index < -0.39 is 0 Å². The first-order valence-corrected chi connectivity index (χ1v) is 8.29. The summed E-state index contributed by atoms with van der Waals surface area (Å²) >= 11 is 0. The third-order valence-corrected chi connectivity index (χ3v) is 4.66. The van der Waals surface area contributed by atoms with Gasteiger partial charge in [-0.2, -0.15) is 5.10 Å². The van der Waals surface area contributed by atoms with Crippen LogP contribution in [-0.4, -0.2) is 32.0 Å². The second kappa shape index (κ2) is 6.62. The summed E-state index contributed by atoms with van der Waals surface area (Å²) in [6.45, 7) is 4.85. The van der Waals surface area contributed by atoms with Crippen LogP contribution >= 0.6 is 0 Å². The van der Waals surface area contributed by atoms with Crippen LogP contribution in [0.3, 0.4) is 0 Å². The third-order valence-electron chi connectivity index (χ3n) is 4.66. The van der Waals surface area contributed by atoms with E-state index in [4.69, 9.17) is 4.52 Å². The Bertz CT molecular complexity index is 782. The Morgan fingerprint density at radius 2 is 2.21 bits per heavy atom. The van der Waals surface area contributed by atoms with Crippen molar-refractivity contribution in [1.82, 2.24) is 24.8 Å². The van der Waals surface area contributed by atoms with Crippen molar-refractivity contribution in [1.29, 1.82) is 0 Å². The summed E-state index contributed by atoms with van der Waals surface area (Å²) in [6, 6.07) is 0. The zero-order chi connectivity index (χ0) is 17.3. The van der Waals surface area contributed by atoms with E-state index in [0.717, 1.165) is 42.1 Å². The fraction of sp³-hybridized carbons (Fsp3) is 0.625. The molecule has 0 saturated heterocycles. The van der Waals surface area contributed by atoms with Gasteiger partial charge in [-0.1, -0.05) is 5.16 Å². The van der Waals surface area contributed by atoms with Gasteiger partial charge in [0.05, 0.1) is 11.6 Å². The standard InChI is InChI=1S/C16H23N5O3/c1-10-13(11(2)24-19-10)5-4-8-17-15(22)12-6-7-14-18-20(3)16(23)21(14)9-12/h12H,4-9H2,1-3H3,(H,17,22). The zero-order valence-corrected chi connectivity index (χ0v) is 14.3. The van der Waals surface area contributed by atoms with Gasteiger partial charge in [-0.25, -0.2) is 9.48 Å². The molecule has 2 aromatic rings. The molecule has 0 aliphatic carbocycles. The predicted octanol–water partition coefficient (Wildman–Crippen LogP) is 0.498. The lowest BCUT2D eigenvalue weighted by Crippen LogP contribution is -2.39. The maximum absolute atomic E-state index is 12.3. The molecular formula is C16H23N5O3. The number of fused-ring (bicyclic) bond motifs is 1. The number of nitrogens with one attached hydrogen (secondary N) is 1. The first kappa shape index (κ1) is 16.5. The summed E-state index contributed by atoms with van der Waals surface area (Å²) in [4.78, 5) is 24.3. The lowest BCUT2D eigenvalue weighted by atomic mass is 9.98. The highest BCUT2D eigenvalue weighted by atomic mass is 16.5. The molecule has 1 aliphatic heterocycles. The van der Waals surface area contributed by atoms with E-state index in [1.165, 1.54) is 4.68 Å². The Kier molecular flexibility index (Phi) is 4.55. The molecule has 1 N–H and O–H groups in total. The first-order valence-electron chi connectivity index (χ1n) is 8.29. The molecule has 1 atom stereocenters. The molecule has 0 saturated carbocycles. The molecule has 2 aromatic heterocycles. The van der Waals surface area contributed by atoms with Gasteiger partial charge in [0, 0.05) is 32.1 Å². The van der Waals surface area contributed by atoms with Crippen molar-refractivity contribution >= 4 is 5.91 Å². The van der Waals surface area contributed by atoms with Crippen LogP contribution in [0, 0.1) is 19.8 Å². The highest BCUT2D eigenvalue weighted by molar-refractivity contribution is 5.78. The number of aryl methyl sites for hydroxylation is 4. The van der Waals surface area contributed by atoms with Crippen LogP contribution in [0.25, 0.3) is 0 Å². The molecule has 130 valence electrons. The lowest BCUT2D eigenvalue weighted by Gasteiger charge is -2.21. The summed E-state index contributed by atoms with van der Waals surface area (Å²) in [5.41, 5.74) is 1.88. The Morgan fingerprint density at radius 3 is 2.92 bits per heavy atom. The van der Waals surface area contributed by atoms with E-state index in [-0.39, 0.29) is 17.5 Å². The topological polar surface area (TPSA) is 95.0 Å². The SMILES string of the molecule is Cc1noc(C)c1CCCNC(=O)C1CCc2nn(C)c(=O)n2C1. The fourth-order valence-corrected chi connectivity index (χ4v) is 3.23. The summed E-state index contributed by atoms with van der Waals surface area (Å²) < 4.78 is 8.08. The number of amides is 1. The minimum atomic E-state index is -0.168. The largest absolute Gasteiger partial charge is 0.361 e. The van der Waals surface area contributed by atoms with Gasteiger partial charge in [0.1, 0.15) is 11.6 Å². The fourth-order valence-electron chi connectivity index (χ4n) is 3.23. The number of carbonyl (C=O) groups excluding carboxylic acids is 1. The van der Waals surface area contributed by atoms with Crippen molar-refractivity contribution in [2.24, 2.45) is 13.0 Å². The Hall–Kier alpha value is -2.38. The maximum Gasteiger partial charge on any atom is 0.345 e. The van der Waals surface area contributed by atoms with Gasteiger partial charge in [-0.05, 0) is 33.1 Å². The van der Waals surface area contributed by atoms with Gasteiger partial charge in [0.2, 0.25) is 5.91 Å². The van der Waals surface area contributed by atoms with Crippen molar-refractivity contribution < 1.29 is 9.32 Å². The molecule has 8 heteroatoms. The second-order valence-electron chi connectivity index (χ2n) is 6.37. The smallest absolute Gasteiger partial charge is 0.345 e. The van der Waals surface area contributed by atoms with E-state index in [1.807, 2.05) is 13.8 Å². The Labute approximate surface area is 139 Å². The van der Waals surface area contributed by atoms with Crippen LogP contribution < -0.4 is 11.0 Å². The molecule has 24 heavy (non-hydrogen) atoms. The molecule has 1 amide bonds. The van der Waals surface area contributed by atoms with Crippen molar-refractivity contribution in [3.63, 3.8) is 0 Å². The van der Waals surface area contributed by atoms with E-state index in [2.05, 4.69) is 15.6 Å². The zero-order valence-electron chi connectivity index (χ0n) is 14.3. The van der Waals surface area contributed by atoms with Gasteiger partial charge < -0.3 is 9.84 Å². The van der Waals surface area contributed by atoms with Crippen LogP contribution in [0.4, 0.5) is 0 Å². The number of rotatable bonds is 5. The van der Waals surface area contributed by atoms with E-state index in [1.54, 1.807) is 11.6 Å². The molecular weight excluding hydrogens is 310 g/mol. The summed E-state index contributed by atoms with van der Waals surface area (Å²) in [7, 11) is 1.64. The summed E-state index contributed by atoms with van der Waals surface area (Å²) in [6.07, 6.45) is 3.05. The van der Waals surface area contributed by atoms with Crippen LogP contribution in [-0.2, 0) is 31.2 Å². The highest BCUT2D eigenvalue weighted by Crippen LogP contribution is 2.17. The average molecular weight is 333 g/mol. The minimum absolute atomic E-state index is 0.00941. The maximum atomic E-state index is 12.3. The quantitative estimate of drug-likeness (QED) is 0.804. The van der Waals surface area contributed by atoms with Gasteiger partial charge in [0.15, 0.2) is 0 Å². The predicted molar refractivity (Wildman–Crippen MR) is 86.6 cm³/mol. The van der Waals surface area contributed by atoms with Gasteiger partial charge in [-0.3, -0.25) is 9.36 Å². The van der Waals surface area contributed by atoms with Crippen molar-refractivity contribution in [2.45, 2.75) is 46.1 Å². The van der Waals surface area contributed by atoms with Gasteiger partial charge in [-0.15, -0.1) is 0 Å². The Morgan fingerprint density at radius 1 is 1.42 bits per heavy atom. The number of nitrogens with zero attached hydrogens (tertiary/aromatic N) is 4. The number of carbonyl (C=O) groups is 1. The molecule has 1 aliphatic rings. The van der Waals surface area contributed by atoms with Crippen LogP contribution in [0.1, 0.15) is 35.7 Å². The molecule has 3 heterocycles. The van der Waals surface area contributed by atoms with Crippen molar-refractivity contribution in [3.8, 4) is 0 Å². The molecule has 3 rings (SSSR count). The monoisotopic (exact) mass is 333 g/mol. The third kappa shape index (κ3) is 3.13. The normalized spacial score (nSPS) is 16.9. The van der Waals surface area contributed by atoms with Crippen molar-refractivity contribution in [2.75, 3.05) is 6.54 Å². The first-order chi connectivity index (χ1) is 11.5. The number of hydrogen-bond donors (Lipinski definition) is 1. The van der Waals surface area contributed by atoms with Crippen molar-refractivity contribution in [3.05, 3.63) is 33.3 Å². The lowest BCUT2D eigenvalue weighted by molar-refractivity contribution is -0.125. The highest BCUT2D eigenvalue weighted by Gasteiger charge is 2.27. The van der Waals surface area contributed by atoms with Crippen LogP contribution in [0.5, 0.6) is 0 Å². The molecule has 8 nitrogen and oxygen atoms in total. The van der Waals surface area contributed by atoms with E-state index >= 15 is 0 Å². The molecule has 0 radical (unpaired) electrons.